The molecule has 4 N–H and O–H groups in total. The van der Waals surface area contributed by atoms with Gasteiger partial charge in [0.25, 0.3) is 0 Å². The number of oxime groups is 1. The molecule has 0 saturated carbocycles. The van der Waals surface area contributed by atoms with Crippen LogP contribution in [0, 0.1) is 41.3 Å². The Morgan fingerprint density at radius 3 is 2.28 bits per heavy atom. The number of aliphatic hydroxyl groups is 4. The Bertz CT molecular complexity index is 1500. The molecule has 2 saturated heterocycles. The van der Waals surface area contributed by atoms with Crippen LogP contribution in [0.5, 0.6) is 0 Å². The van der Waals surface area contributed by atoms with Gasteiger partial charge in [-0.2, -0.15) is 0 Å². The van der Waals surface area contributed by atoms with Crippen molar-refractivity contribution < 1.29 is 48.7 Å². The first-order valence-corrected chi connectivity index (χ1v) is 21.4. The summed E-state index contributed by atoms with van der Waals surface area (Å²) in [6.45, 7) is 16.6. The number of carbonyl (C=O) groups is 1. The highest BCUT2D eigenvalue weighted by Crippen LogP contribution is 2.35. The number of likely N-dealkylation sites (N-methyl/N-ethyl adjacent to an activating group) is 1. The molecule has 13 heteroatoms. The number of esters is 1. The molecule has 12 nitrogen and oxygen atoms in total. The van der Waals surface area contributed by atoms with Crippen LogP contribution in [0.2, 0.25) is 0 Å². The first kappa shape index (κ1) is 47.9. The summed E-state index contributed by atoms with van der Waals surface area (Å²) in [7, 11) is 3.58. The first-order valence-electron chi connectivity index (χ1n) is 21.4. The van der Waals surface area contributed by atoms with Gasteiger partial charge in [0, 0.05) is 30.8 Å². The number of benzene rings is 1. The second-order valence-corrected chi connectivity index (χ2v) is 17.7. The van der Waals surface area contributed by atoms with Crippen molar-refractivity contribution in [2.24, 2.45) is 40.7 Å². The third kappa shape index (κ3) is 13.6. The smallest absolute Gasteiger partial charge is 0.308 e. The van der Waals surface area contributed by atoms with Crippen LogP contribution >= 0.6 is 0 Å². The minimum absolute atomic E-state index is 0.132. The average molecular weight is 818 g/mol. The van der Waals surface area contributed by atoms with Gasteiger partial charge in [0.05, 0.1) is 49.2 Å². The number of nitrogens with zero attached hydrogens (tertiary/aromatic N) is 3. The zero-order chi connectivity index (χ0) is 42.7. The molecule has 3 aliphatic rings. The van der Waals surface area contributed by atoms with Crippen molar-refractivity contribution in [2.45, 2.75) is 136 Å². The molecule has 1 aromatic rings. The Labute approximate surface area is 346 Å². The number of piperidine rings is 1. The maximum Gasteiger partial charge on any atom is 0.308 e. The van der Waals surface area contributed by atoms with Crippen LogP contribution in [0.3, 0.4) is 0 Å². The Kier molecular flexibility index (Phi) is 18.8. The molecule has 3 aliphatic heterocycles. The van der Waals surface area contributed by atoms with Crippen molar-refractivity contribution in [3.8, 4) is 0 Å². The van der Waals surface area contributed by atoms with E-state index in [1.54, 1.807) is 38.1 Å². The lowest BCUT2D eigenvalue weighted by atomic mass is 9.79. The maximum atomic E-state index is 13.6. The van der Waals surface area contributed by atoms with Gasteiger partial charge in [-0.05, 0) is 102 Å². The van der Waals surface area contributed by atoms with E-state index in [4.69, 9.17) is 19.0 Å². The lowest BCUT2D eigenvalue weighted by molar-refractivity contribution is -0.304. The normalized spacial score (nSPS) is 38.6. The molecular weight excluding hydrogens is 746 g/mol. The molecule has 3 heterocycles. The van der Waals surface area contributed by atoms with Crippen LogP contribution in [0.25, 0.3) is 0 Å². The van der Waals surface area contributed by atoms with Gasteiger partial charge in [-0.15, -0.1) is 0 Å². The first-order chi connectivity index (χ1) is 27.5. The van der Waals surface area contributed by atoms with Gasteiger partial charge in [0.15, 0.2) is 6.29 Å². The predicted molar refractivity (Wildman–Crippen MR) is 222 cm³/mol. The summed E-state index contributed by atoms with van der Waals surface area (Å²) < 4.78 is 32.6. The predicted octanol–water partition coefficient (Wildman–Crippen LogP) is 5.32. The topological polar surface area (TPSA) is 154 Å². The van der Waals surface area contributed by atoms with E-state index in [1.807, 2.05) is 39.0 Å². The zero-order valence-corrected chi connectivity index (χ0v) is 36.2. The van der Waals surface area contributed by atoms with Gasteiger partial charge < -0.3 is 49.3 Å². The summed E-state index contributed by atoms with van der Waals surface area (Å²) >= 11 is 0. The molecule has 328 valence electrons. The fourth-order valence-corrected chi connectivity index (χ4v) is 9.07. The van der Waals surface area contributed by atoms with Gasteiger partial charge in [-0.1, -0.05) is 69.6 Å². The molecule has 0 radical (unpaired) electrons. The van der Waals surface area contributed by atoms with Gasteiger partial charge in [-0.25, -0.2) is 4.39 Å². The quantitative estimate of drug-likeness (QED) is 0.170. The Morgan fingerprint density at radius 2 is 1.66 bits per heavy atom. The molecule has 0 amide bonds. The van der Waals surface area contributed by atoms with Crippen LogP contribution in [-0.4, -0.2) is 131 Å². The average Bonchev–Trinajstić information content (AvgIpc) is 3.16. The zero-order valence-electron chi connectivity index (χ0n) is 36.2. The van der Waals surface area contributed by atoms with E-state index in [-0.39, 0.29) is 37.3 Å². The number of hydrogen-bond acceptors (Lipinski definition) is 12. The van der Waals surface area contributed by atoms with Crippen LogP contribution in [0.1, 0.15) is 86.1 Å². The number of likely N-dealkylation sites (tertiary alicyclic amines) is 1. The van der Waals surface area contributed by atoms with Crippen LogP contribution < -0.4 is 0 Å². The molecule has 0 bridgehead atoms. The number of rotatable bonds is 11. The van der Waals surface area contributed by atoms with E-state index in [2.05, 4.69) is 30.8 Å². The fraction of sp³-hybridized carbons (Fsp3) is 0.733. The number of hydrogen-bond donors (Lipinski definition) is 4. The van der Waals surface area contributed by atoms with E-state index in [1.165, 1.54) is 18.6 Å². The number of halogens is 1. The molecule has 2 fully saturated rings. The number of aliphatic hydroxyl groups excluding tert-OH is 4. The summed E-state index contributed by atoms with van der Waals surface area (Å²) in [6, 6.07) is 5.40. The number of carbonyl (C=O) groups excluding carboxylic acids is 1. The molecule has 4 rings (SSSR count). The number of cyclic esters (lactones) is 1. The molecule has 0 aromatic heterocycles. The molecule has 14 atom stereocenters. The van der Waals surface area contributed by atoms with Crippen molar-refractivity contribution in [2.75, 3.05) is 40.3 Å². The molecule has 58 heavy (non-hydrogen) atoms. The van der Waals surface area contributed by atoms with Crippen LogP contribution in [0.4, 0.5) is 4.39 Å². The minimum atomic E-state index is -1.21. The van der Waals surface area contributed by atoms with Crippen molar-refractivity contribution in [1.82, 2.24) is 9.80 Å². The lowest BCUT2D eigenvalue weighted by Crippen LogP contribution is -2.63. The van der Waals surface area contributed by atoms with Crippen molar-refractivity contribution in [1.29, 1.82) is 0 Å². The summed E-state index contributed by atoms with van der Waals surface area (Å²) in [6.07, 6.45) is 1.73. The van der Waals surface area contributed by atoms with Crippen molar-refractivity contribution in [3.05, 3.63) is 59.4 Å². The van der Waals surface area contributed by atoms with Crippen molar-refractivity contribution >= 4 is 11.7 Å². The van der Waals surface area contributed by atoms with Gasteiger partial charge >= 0.3 is 5.97 Å². The molecule has 0 spiro atoms. The van der Waals surface area contributed by atoms with Crippen LogP contribution in [0.15, 0.2) is 53.2 Å². The molecular formula is C45H72FN3O9. The molecule has 4 unspecified atom stereocenters. The van der Waals surface area contributed by atoms with E-state index in [0.29, 0.717) is 36.8 Å². The number of allylic oxidation sites excluding steroid dienone is 3. The third-order valence-electron chi connectivity index (χ3n) is 12.3. The van der Waals surface area contributed by atoms with E-state index < -0.39 is 66.8 Å². The third-order valence-corrected chi connectivity index (χ3v) is 12.3. The summed E-state index contributed by atoms with van der Waals surface area (Å²) in [5.41, 5.74) is 2.24. The van der Waals surface area contributed by atoms with Gasteiger partial charge in [-0.3, -0.25) is 4.79 Å². The highest BCUT2D eigenvalue weighted by atomic mass is 19.1. The summed E-state index contributed by atoms with van der Waals surface area (Å²) in [4.78, 5) is 23.6. The minimum Gasteiger partial charge on any atom is -0.462 e. The Balaban J connectivity index is 1.79. The van der Waals surface area contributed by atoms with Gasteiger partial charge in [0.1, 0.15) is 24.6 Å². The Morgan fingerprint density at radius 1 is 0.983 bits per heavy atom. The summed E-state index contributed by atoms with van der Waals surface area (Å²) in [5, 5.41) is 49.5. The van der Waals surface area contributed by atoms with E-state index in [0.717, 1.165) is 30.8 Å². The number of ether oxygens (including phenoxy) is 3. The molecule has 0 aliphatic carbocycles. The SMILES string of the molecule is CC[C@H]1OC(=O)C[C@@H](O)C(C)[C@@H](O[C@H]2O[C@@H](C)[C@H](O)[C@@H](N(C)C)[C@@H]2O)[C@@H](CCN2CC(C)CC(C)C2)C[C@@H](C)C(=N/OCc2ccc(F)cc2)/C=C/C(C)=C/C1CO. The second-order valence-electron chi connectivity index (χ2n) is 17.7. The van der Waals surface area contributed by atoms with Crippen molar-refractivity contribution in [3.63, 3.8) is 0 Å². The Hall–Kier alpha value is -2.75. The maximum absolute atomic E-state index is 13.6. The second kappa shape index (κ2) is 22.7. The standard InChI is InChI=1S/C45H72FN3O9/c1-10-39-35(25-50)20-27(2)11-16-37(47-55-26-33-12-14-36(46)15-13-33)30(5)21-34(17-18-49-23-28(3)19-29(4)24-49)44(31(6)38(51)22-40(52)57-39)58-45-43(54)41(48(8)9)42(53)32(7)56-45/h11-16,20,28-32,34-35,38-39,41-45,50-51,53-54H,10,17-19,21-26H2,1-9H3/b16-11+,27-20+,47-37+/t28?,29?,30-,31?,32+,34+,35?,38-,39-,41-,42+,43+,44-,45-/m1/s1. The van der Waals surface area contributed by atoms with E-state index >= 15 is 0 Å². The largest absolute Gasteiger partial charge is 0.462 e. The molecule has 1 aromatic carbocycles. The lowest BCUT2D eigenvalue weighted by Gasteiger charge is -2.47. The fourth-order valence-electron chi connectivity index (χ4n) is 9.07. The summed E-state index contributed by atoms with van der Waals surface area (Å²) in [5.74, 6) is -1.37. The van der Waals surface area contributed by atoms with E-state index in [9.17, 15) is 29.6 Å². The highest BCUT2D eigenvalue weighted by Gasteiger charge is 2.47. The monoisotopic (exact) mass is 818 g/mol. The highest BCUT2D eigenvalue weighted by molar-refractivity contribution is 5.96. The van der Waals surface area contributed by atoms with Crippen LogP contribution in [-0.2, 0) is 30.4 Å². The van der Waals surface area contributed by atoms with Gasteiger partial charge in [0.2, 0.25) is 0 Å².